The van der Waals surface area contributed by atoms with E-state index in [2.05, 4.69) is 41.7 Å². The SMILES string of the molecule is COCCn1cc(NS(=O)(=O)c2ccc(Br)cc2Br)cn1. The van der Waals surface area contributed by atoms with E-state index >= 15 is 0 Å². The van der Waals surface area contributed by atoms with Gasteiger partial charge in [0, 0.05) is 22.3 Å². The largest absolute Gasteiger partial charge is 0.383 e. The zero-order valence-electron chi connectivity index (χ0n) is 11.1. The van der Waals surface area contributed by atoms with Crippen molar-refractivity contribution in [1.82, 2.24) is 9.78 Å². The van der Waals surface area contributed by atoms with Crippen molar-refractivity contribution in [3.63, 3.8) is 0 Å². The van der Waals surface area contributed by atoms with Gasteiger partial charge in [0.1, 0.15) is 4.90 Å². The molecule has 2 rings (SSSR count). The van der Waals surface area contributed by atoms with Crippen LogP contribution in [0.5, 0.6) is 0 Å². The summed E-state index contributed by atoms with van der Waals surface area (Å²) >= 11 is 6.54. The van der Waals surface area contributed by atoms with E-state index in [0.717, 1.165) is 4.47 Å². The van der Waals surface area contributed by atoms with Crippen molar-refractivity contribution in [3.05, 3.63) is 39.5 Å². The molecule has 1 aromatic carbocycles. The maximum atomic E-state index is 12.3. The van der Waals surface area contributed by atoms with Crippen LogP contribution in [0, 0.1) is 0 Å². The number of anilines is 1. The summed E-state index contributed by atoms with van der Waals surface area (Å²) in [5.74, 6) is 0. The summed E-state index contributed by atoms with van der Waals surface area (Å²) in [5, 5.41) is 4.06. The van der Waals surface area contributed by atoms with Crippen LogP contribution in [-0.4, -0.2) is 31.9 Å². The second-order valence-corrected chi connectivity index (χ2v) is 7.59. The topological polar surface area (TPSA) is 73.2 Å². The Morgan fingerprint density at radius 1 is 1.38 bits per heavy atom. The molecule has 0 amide bonds. The van der Waals surface area contributed by atoms with Gasteiger partial charge in [0.05, 0.1) is 25.0 Å². The van der Waals surface area contributed by atoms with Gasteiger partial charge in [-0.05, 0) is 34.1 Å². The highest BCUT2D eigenvalue weighted by Crippen LogP contribution is 2.27. The standard InChI is InChI=1S/C12H13Br2N3O3S/c1-20-5-4-17-8-10(7-15-17)16-21(18,19)12-3-2-9(13)6-11(12)14/h2-3,6-8,16H,4-5H2,1H3. The van der Waals surface area contributed by atoms with E-state index in [1.54, 1.807) is 30.1 Å². The summed E-state index contributed by atoms with van der Waals surface area (Å²) in [7, 11) is -2.07. The van der Waals surface area contributed by atoms with Gasteiger partial charge in [-0.3, -0.25) is 9.40 Å². The highest BCUT2D eigenvalue weighted by Gasteiger charge is 2.18. The van der Waals surface area contributed by atoms with E-state index in [4.69, 9.17) is 4.74 Å². The number of hydrogen-bond acceptors (Lipinski definition) is 4. The zero-order valence-corrected chi connectivity index (χ0v) is 15.1. The predicted octanol–water partition coefficient (Wildman–Crippen LogP) is 2.86. The molecule has 0 atom stereocenters. The summed E-state index contributed by atoms with van der Waals surface area (Å²) in [6, 6.07) is 4.86. The number of sulfonamides is 1. The monoisotopic (exact) mass is 437 g/mol. The fraction of sp³-hybridized carbons (Fsp3) is 0.250. The van der Waals surface area contributed by atoms with Crippen molar-refractivity contribution in [1.29, 1.82) is 0 Å². The molecule has 0 aliphatic rings. The summed E-state index contributed by atoms with van der Waals surface area (Å²) in [5.41, 5.74) is 0.404. The van der Waals surface area contributed by atoms with Crippen LogP contribution in [0.15, 0.2) is 44.4 Å². The van der Waals surface area contributed by atoms with Crippen molar-refractivity contribution in [2.45, 2.75) is 11.4 Å². The number of ether oxygens (including phenoxy) is 1. The van der Waals surface area contributed by atoms with Crippen molar-refractivity contribution in [2.75, 3.05) is 18.4 Å². The minimum atomic E-state index is -3.67. The Labute approximate surface area is 139 Å². The molecule has 0 fully saturated rings. The Balaban J connectivity index is 2.19. The van der Waals surface area contributed by atoms with Crippen molar-refractivity contribution >= 4 is 47.6 Å². The maximum Gasteiger partial charge on any atom is 0.263 e. The molecule has 0 aliphatic carbocycles. The predicted molar refractivity (Wildman–Crippen MR) is 86.8 cm³/mol. The van der Waals surface area contributed by atoms with Crippen molar-refractivity contribution in [2.24, 2.45) is 0 Å². The Kier molecular flexibility index (Phi) is 5.42. The van der Waals surface area contributed by atoms with E-state index in [1.807, 2.05) is 0 Å². The molecule has 6 nitrogen and oxygen atoms in total. The third-order valence-electron chi connectivity index (χ3n) is 2.59. The van der Waals surface area contributed by atoms with Gasteiger partial charge in [-0.1, -0.05) is 15.9 Å². The number of nitrogens with one attached hydrogen (secondary N) is 1. The van der Waals surface area contributed by atoms with Crippen LogP contribution in [0.4, 0.5) is 5.69 Å². The third kappa shape index (κ3) is 4.29. The van der Waals surface area contributed by atoms with Crippen LogP contribution in [-0.2, 0) is 21.3 Å². The van der Waals surface area contributed by atoms with Gasteiger partial charge in [-0.2, -0.15) is 5.10 Å². The lowest BCUT2D eigenvalue weighted by Crippen LogP contribution is -2.13. The first kappa shape index (κ1) is 16.5. The first-order valence-corrected chi connectivity index (χ1v) is 8.98. The molecule has 114 valence electrons. The van der Waals surface area contributed by atoms with Gasteiger partial charge in [0.2, 0.25) is 0 Å². The average molecular weight is 439 g/mol. The minimum Gasteiger partial charge on any atom is -0.383 e. The van der Waals surface area contributed by atoms with E-state index in [9.17, 15) is 8.42 Å². The molecule has 0 saturated heterocycles. The normalized spacial score (nSPS) is 11.6. The number of nitrogens with zero attached hydrogens (tertiary/aromatic N) is 2. The molecule has 0 bridgehead atoms. The van der Waals surface area contributed by atoms with Crippen LogP contribution in [0.1, 0.15) is 0 Å². The molecule has 0 saturated carbocycles. The first-order chi connectivity index (χ1) is 9.92. The van der Waals surface area contributed by atoms with Crippen molar-refractivity contribution in [3.8, 4) is 0 Å². The third-order valence-corrected chi connectivity index (χ3v) is 5.44. The lowest BCUT2D eigenvalue weighted by molar-refractivity contribution is 0.183. The van der Waals surface area contributed by atoms with E-state index in [-0.39, 0.29) is 4.90 Å². The number of aromatic nitrogens is 2. The Hall–Kier alpha value is -0.900. The van der Waals surface area contributed by atoms with Gasteiger partial charge < -0.3 is 4.74 Å². The Bertz CT molecular complexity index is 731. The van der Waals surface area contributed by atoms with Gasteiger partial charge >= 0.3 is 0 Å². The van der Waals surface area contributed by atoms with Gasteiger partial charge in [-0.15, -0.1) is 0 Å². The summed E-state index contributed by atoms with van der Waals surface area (Å²) in [6.45, 7) is 1.06. The molecule has 0 aliphatic heterocycles. The first-order valence-electron chi connectivity index (χ1n) is 5.91. The highest BCUT2D eigenvalue weighted by molar-refractivity contribution is 9.11. The highest BCUT2D eigenvalue weighted by atomic mass is 79.9. The number of rotatable bonds is 6. The van der Waals surface area contributed by atoms with E-state index in [0.29, 0.717) is 23.3 Å². The fourth-order valence-corrected chi connectivity index (χ4v) is 4.40. The average Bonchev–Trinajstić information content (AvgIpc) is 2.82. The van der Waals surface area contributed by atoms with E-state index < -0.39 is 10.0 Å². The molecule has 9 heteroatoms. The van der Waals surface area contributed by atoms with Gasteiger partial charge in [0.15, 0.2) is 0 Å². The van der Waals surface area contributed by atoms with Gasteiger partial charge in [-0.25, -0.2) is 8.42 Å². The lowest BCUT2D eigenvalue weighted by Gasteiger charge is -2.08. The number of hydrogen-bond donors (Lipinski definition) is 1. The summed E-state index contributed by atoms with van der Waals surface area (Å²) < 4.78 is 35.0. The minimum absolute atomic E-state index is 0.162. The second kappa shape index (κ2) is 6.91. The smallest absolute Gasteiger partial charge is 0.263 e. The number of halogens is 2. The van der Waals surface area contributed by atoms with Crippen LogP contribution in [0.2, 0.25) is 0 Å². The molecule has 0 spiro atoms. The molecule has 2 aromatic rings. The van der Waals surface area contributed by atoms with Gasteiger partial charge in [0.25, 0.3) is 10.0 Å². The summed E-state index contributed by atoms with van der Waals surface area (Å²) in [4.78, 5) is 0.162. The Morgan fingerprint density at radius 2 is 2.14 bits per heavy atom. The van der Waals surface area contributed by atoms with Crippen LogP contribution >= 0.6 is 31.9 Å². The fourth-order valence-electron chi connectivity index (χ4n) is 1.63. The number of benzene rings is 1. The van der Waals surface area contributed by atoms with Crippen molar-refractivity contribution < 1.29 is 13.2 Å². The Morgan fingerprint density at radius 3 is 2.81 bits per heavy atom. The molecular weight excluding hydrogens is 426 g/mol. The molecule has 21 heavy (non-hydrogen) atoms. The quantitative estimate of drug-likeness (QED) is 0.752. The molecule has 0 radical (unpaired) electrons. The van der Waals surface area contributed by atoms with Crippen LogP contribution < -0.4 is 4.72 Å². The molecule has 1 aromatic heterocycles. The maximum absolute atomic E-state index is 12.3. The zero-order chi connectivity index (χ0) is 15.5. The molecule has 0 unspecified atom stereocenters. The molecule has 1 heterocycles. The molecular formula is C12H13Br2N3O3S. The number of methoxy groups -OCH3 is 1. The van der Waals surface area contributed by atoms with Crippen LogP contribution in [0.3, 0.4) is 0 Å². The summed E-state index contributed by atoms with van der Waals surface area (Å²) in [6.07, 6.45) is 3.07. The lowest BCUT2D eigenvalue weighted by atomic mass is 10.4. The second-order valence-electron chi connectivity index (χ2n) is 4.17. The van der Waals surface area contributed by atoms with E-state index in [1.165, 1.54) is 12.3 Å². The molecule has 1 N–H and O–H groups in total. The van der Waals surface area contributed by atoms with Crippen LogP contribution in [0.25, 0.3) is 0 Å².